The maximum atomic E-state index is 11.4. The molecule has 1 atom stereocenters. The minimum atomic E-state index is -0.512. The summed E-state index contributed by atoms with van der Waals surface area (Å²) >= 11 is 1.28. The average Bonchev–Trinajstić information content (AvgIpc) is 3.12. The molecule has 0 radical (unpaired) electrons. The fraction of sp³-hybridized carbons (Fsp3) is 0.273. The molecule has 0 fully saturated rings. The Hall–Kier alpha value is -3.51. The van der Waals surface area contributed by atoms with Crippen molar-refractivity contribution in [2.45, 2.75) is 24.3 Å². The van der Waals surface area contributed by atoms with E-state index < -0.39 is 5.25 Å². The van der Waals surface area contributed by atoms with Crippen LogP contribution in [0, 0.1) is 29.4 Å². The molecule has 0 saturated heterocycles. The molecule has 160 valence electrons. The largest absolute Gasteiger partial charge is 0.490 e. The molecule has 8 nitrogen and oxygen atoms in total. The third-order valence-corrected chi connectivity index (χ3v) is 5.50. The van der Waals surface area contributed by atoms with Gasteiger partial charge in [-0.25, -0.2) is 0 Å². The summed E-state index contributed by atoms with van der Waals surface area (Å²) in [7, 11) is 0. The van der Waals surface area contributed by atoms with Gasteiger partial charge in [-0.3, -0.25) is 14.7 Å². The standard InChI is InChI=1S/C22H22N4O4S/c1-4-13-30-19-12-11-17(14-20(19)29-5-2)21(15-25(27)28)31-22-24-23-16(3)26(22)18-9-7-6-8-10-18/h1,6-12,14,21H,5,13,15H2,2-3H3/t21-/m0/s1. The van der Waals surface area contributed by atoms with E-state index in [1.54, 1.807) is 18.2 Å². The highest BCUT2D eigenvalue weighted by atomic mass is 32.2. The van der Waals surface area contributed by atoms with Crippen molar-refractivity contribution in [2.24, 2.45) is 0 Å². The predicted octanol–water partition coefficient (Wildman–Crippen LogP) is 4.10. The van der Waals surface area contributed by atoms with E-state index in [1.807, 2.05) is 48.7 Å². The summed E-state index contributed by atoms with van der Waals surface area (Å²) in [6.07, 6.45) is 5.27. The van der Waals surface area contributed by atoms with Crippen molar-refractivity contribution < 1.29 is 14.4 Å². The van der Waals surface area contributed by atoms with Crippen LogP contribution in [0.15, 0.2) is 53.7 Å². The number of aryl methyl sites for hydroxylation is 1. The zero-order chi connectivity index (χ0) is 22.2. The highest BCUT2D eigenvalue weighted by Crippen LogP contribution is 2.39. The number of aromatic nitrogens is 3. The van der Waals surface area contributed by atoms with Crippen molar-refractivity contribution in [3.05, 3.63) is 70.0 Å². The van der Waals surface area contributed by atoms with Crippen LogP contribution >= 0.6 is 11.8 Å². The second-order valence-electron chi connectivity index (χ2n) is 6.45. The molecule has 0 saturated carbocycles. The van der Waals surface area contributed by atoms with E-state index in [0.717, 1.165) is 11.3 Å². The third-order valence-electron chi connectivity index (χ3n) is 4.32. The minimum absolute atomic E-state index is 0.103. The van der Waals surface area contributed by atoms with Crippen molar-refractivity contribution in [3.63, 3.8) is 0 Å². The Labute approximate surface area is 184 Å². The molecule has 9 heteroatoms. The molecule has 0 bridgehead atoms. The van der Waals surface area contributed by atoms with E-state index in [9.17, 15) is 10.1 Å². The number of ether oxygens (including phenoxy) is 2. The van der Waals surface area contributed by atoms with E-state index in [2.05, 4.69) is 16.1 Å². The first-order valence-electron chi connectivity index (χ1n) is 9.62. The summed E-state index contributed by atoms with van der Waals surface area (Å²) in [5.74, 6) is 4.10. The number of benzene rings is 2. The molecule has 3 rings (SSSR count). The van der Waals surface area contributed by atoms with Crippen molar-refractivity contribution >= 4 is 11.8 Å². The van der Waals surface area contributed by atoms with Crippen molar-refractivity contribution in [2.75, 3.05) is 19.8 Å². The maximum absolute atomic E-state index is 11.4. The third kappa shape index (κ3) is 5.55. The van der Waals surface area contributed by atoms with Gasteiger partial charge < -0.3 is 9.47 Å². The molecule has 0 amide bonds. The fourth-order valence-electron chi connectivity index (χ4n) is 3.00. The van der Waals surface area contributed by atoms with Gasteiger partial charge in [0.15, 0.2) is 16.7 Å². The molecule has 2 aromatic carbocycles. The second kappa shape index (κ2) is 10.5. The Balaban J connectivity index is 1.96. The van der Waals surface area contributed by atoms with Gasteiger partial charge in [-0.1, -0.05) is 41.9 Å². The summed E-state index contributed by atoms with van der Waals surface area (Å²) in [4.78, 5) is 11.1. The van der Waals surface area contributed by atoms with Crippen molar-refractivity contribution in [3.8, 4) is 29.5 Å². The van der Waals surface area contributed by atoms with E-state index in [0.29, 0.717) is 29.1 Å². The quantitative estimate of drug-likeness (QED) is 0.204. The fourth-order valence-corrected chi connectivity index (χ4v) is 4.16. The smallest absolute Gasteiger partial charge is 0.220 e. The summed E-state index contributed by atoms with van der Waals surface area (Å²) in [6.45, 7) is 3.93. The molecular weight excluding hydrogens is 416 g/mol. The van der Waals surface area contributed by atoms with Gasteiger partial charge in [0, 0.05) is 10.6 Å². The number of nitro groups is 1. The van der Waals surface area contributed by atoms with Gasteiger partial charge in [-0.15, -0.1) is 16.6 Å². The molecule has 1 aromatic heterocycles. The molecule has 0 aliphatic heterocycles. The van der Waals surface area contributed by atoms with Crippen LogP contribution in [0.4, 0.5) is 0 Å². The molecule has 0 unspecified atom stereocenters. The maximum Gasteiger partial charge on any atom is 0.220 e. The Bertz CT molecular complexity index is 1080. The van der Waals surface area contributed by atoms with E-state index in [-0.39, 0.29) is 18.1 Å². The van der Waals surface area contributed by atoms with E-state index >= 15 is 0 Å². The Morgan fingerprint density at radius 1 is 1.19 bits per heavy atom. The zero-order valence-corrected chi connectivity index (χ0v) is 18.0. The number of rotatable bonds is 10. The first kappa shape index (κ1) is 22.2. The molecule has 31 heavy (non-hydrogen) atoms. The first-order valence-corrected chi connectivity index (χ1v) is 10.5. The average molecular weight is 439 g/mol. The lowest BCUT2D eigenvalue weighted by Crippen LogP contribution is -2.11. The highest BCUT2D eigenvalue weighted by molar-refractivity contribution is 7.99. The lowest BCUT2D eigenvalue weighted by Gasteiger charge is -2.17. The van der Waals surface area contributed by atoms with Crippen molar-refractivity contribution in [1.82, 2.24) is 14.8 Å². The number of hydrogen-bond donors (Lipinski definition) is 0. The van der Waals surface area contributed by atoms with Crippen LogP contribution in [-0.2, 0) is 0 Å². The Kier molecular flexibility index (Phi) is 7.51. The molecule has 0 spiro atoms. The summed E-state index contributed by atoms with van der Waals surface area (Å²) in [6, 6.07) is 14.9. The SMILES string of the molecule is C#CCOc1ccc([C@H](C[N+](=O)[O-])Sc2nnc(C)n2-c2ccccc2)cc1OCC. The van der Waals surface area contributed by atoms with Crippen LogP contribution in [0.1, 0.15) is 23.6 Å². The van der Waals surface area contributed by atoms with Gasteiger partial charge in [0.25, 0.3) is 0 Å². The van der Waals surface area contributed by atoms with Crippen LogP contribution in [0.2, 0.25) is 0 Å². The summed E-state index contributed by atoms with van der Waals surface area (Å²) in [5, 5.41) is 19.9. The first-order chi connectivity index (χ1) is 15.0. The van der Waals surface area contributed by atoms with E-state index in [1.165, 1.54) is 11.8 Å². The highest BCUT2D eigenvalue weighted by Gasteiger charge is 2.25. The predicted molar refractivity (Wildman–Crippen MR) is 118 cm³/mol. The van der Waals surface area contributed by atoms with Gasteiger partial charge >= 0.3 is 0 Å². The molecule has 0 aliphatic rings. The number of hydrogen-bond acceptors (Lipinski definition) is 7. The Morgan fingerprint density at radius 2 is 1.97 bits per heavy atom. The lowest BCUT2D eigenvalue weighted by molar-refractivity contribution is -0.479. The monoisotopic (exact) mass is 438 g/mol. The minimum Gasteiger partial charge on any atom is -0.490 e. The normalized spacial score (nSPS) is 11.5. The molecule has 0 N–H and O–H groups in total. The molecule has 0 aliphatic carbocycles. The van der Waals surface area contributed by atoms with Gasteiger partial charge in [-0.05, 0) is 43.7 Å². The lowest BCUT2D eigenvalue weighted by atomic mass is 10.1. The van der Waals surface area contributed by atoms with Crippen LogP contribution in [-0.4, -0.2) is 39.4 Å². The van der Waals surface area contributed by atoms with E-state index in [4.69, 9.17) is 15.9 Å². The Morgan fingerprint density at radius 3 is 2.65 bits per heavy atom. The number of para-hydroxylation sites is 1. The second-order valence-corrected chi connectivity index (χ2v) is 7.62. The van der Waals surface area contributed by atoms with Gasteiger partial charge in [0.1, 0.15) is 17.7 Å². The number of nitrogens with zero attached hydrogens (tertiary/aromatic N) is 4. The van der Waals surface area contributed by atoms with Gasteiger partial charge in [0.2, 0.25) is 6.54 Å². The van der Waals surface area contributed by atoms with Crippen LogP contribution < -0.4 is 9.47 Å². The van der Waals surface area contributed by atoms with Crippen LogP contribution in [0.5, 0.6) is 11.5 Å². The van der Waals surface area contributed by atoms with Gasteiger partial charge in [-0.2, -0.15) is 0 Å². The van der Waals surface area contributed by atoms with Crippen molar-refractivity contribution in [1.29, 1.82) is 0 Å². The topological polar surface area (TPSA) is 92.3 Å². The molecular formula is C22H22N4O4S. The molecule has 1 heterocycles. The van der Waals surface area contributed by atoms with Gasteiger partial charge in [0.05, 0.1) is 6.61 Å². The summed E-state index contributed by atoms with van der Waals surface area (Å²) < 4.78 is 13.1. The summed E-state index contributed by atoms with van der Waals surface area (Å²) in [5.41, 5.74) is 1.61. The van der Waals surface area contributed by atoms with Crippen LogP contribution in [0.3, 0.4) is 0 Å². The zero-order valence-electron chi connectivity index (χ0n) is 17.2. The number of thioether (sulfide) groups is 1. The molecule has 3 aromatic rings. The van der Waals surface area contributed by atoms with Crippen LogP contribution in [0.25, 0.3) is 5.69 Å². The number of terminal acetylenes is 1.